The third kappa shape index (κ3) is 8.66. The molecule has 0 spiro atoms. The van der Waals surface area contributed by atoms with Crippen molar-refractivity contribution in [3.8, 4) is 23.0 Å². The van der Waals surface area contributed by atoms with Gasteiger partial charge >= 0.3 is 11.9 Å². The van der Waals surface area contributed by atoms with Crippen molar-refractivity contribution < 1.29 is 38.7 Å². The van der Waals surface area contributed by atoms with Crippen LogP contribution in [0.4, 0.5) is 0 Å². The van der Waals surface area contributed by atoms with E-state index in [-0.39, 0.29) is 0 Å². The van der Waals surface area contributed by atoms with Crippen molar-refractivity contribution >= 4 is 11.9 Å². The quantitative estimate of drug-likeness (QED) is 0.508. The van der Waals surface area contributed by atoms with Gasteiger partial charge in [0.05, 0.1) is 27.9 Å². The molecule has 2 N–H and O–H groups in total. The lowest BCUT2D eigenvalue weighted by molar-refractivity contribution is -0.159. The van der Waals surface area contributed by atoms with Crippen molar-refractivity contribution in [1.29, 1.82) is 0 Å². The zero-order chi connectivity index (χ0) is 25.8. The molecule has 0 saturated carbocycles. The molecule has 2 aromatic carbocycles. The molecule has 0 unspecified atom stereocenters. The van der Waals surface area contributed by atoms with E-state index < -0.39 is 11.9 Å². The van der Waals surface area contributed by atoms with Crippen LogP contribution in [0.2, 0.25) is 0 Å². The van der Waals surface area contributed by atoms with Crippen LogP contribution in [-0.4, -0.2) is 86.1 Å². The summed E-state index contributed by atoms with van der Waals surface area (Å²) < 4.78 is 21.9. The van der Waals surface area contributed by atoms with Gasteiger partial charge in [-0.15, -0.1) is 0 Å². The highest BCUT2D eigenvalue weighted by Crippen LogP contribution is 2.35. The molecular formula is C25H34N2O8. The van der Waals surface area contributed by atoms with Crippen molar-refractivity contribution in [2.45, 2.75) is 20.0 Å². The van der Waals surface area contributed by atoms with Gasteiger partial charge in [-0.1, -0.05) is 12.1 Å². The number of carboxylic acids is 2. The van der Waals surface area contributed by atoms with Crippen LogP contribution in [0, 0.1) is 0 Å². The lowest BCUT2D eigenvalue weighted by Gasteiger charge is -2.35. The molecule has 0 amide bonds. The van der Waals surface area contributed by atoms with Gasteiger partial charge < -0.3 is 29.2 Å². The second kappa shape index (κ2) is 14.0. The number of rotatable bonds is 9. The van der Waals surface area contributed by atoms with Crippen LogP contribution in [0.15, 0.2) is 36.4 Å². The molecule has 3 rings (SSSR count). The number of nitrogens with zero attached hydrogens (tertiary/aromatic N) is 2. The monoisotopic (exact) mass is 490 g/mol. The molecular weight excluding hydrogens is 456 g/mol. The fourth-order valence-corrected chi connectivity index (χ4v) is 3.68. The SMILES string of the molecule is CCOc1ccc(CN2CCN(Cc3cc(OC)c(OC)cc3OC)CC2)cc1.O=C(O)C(=O)O. The Bertz CT molecular complexity index is 945. The molecule has 1 saturated heterocycles. The molecule has 0 bridgehead atoms. The average Bonchev–Trinajstić information content (AvgIpc) is 2.86. The van der Waals surface area contributed by atoms with E-state index in [0.29, 0.717) is 12.4 Å². The molecule has 1 fully saturated rings. The normalized spacial score (nSPS) is 13.8. The minimum absolute atomic E-state index is 0.688. The zero-order valence-electron chi connectivity index (χ0n) is 20.7. The first kappa shape index (κ1) is 27.7. The molecule has 0 radical (unpaired) electrons. The number of piperazine rings is 1. The molecule has 10 heteroatoms. The maximum atomic E-state index is 9.10. The number of carbonyl (C=O) groups is 2. The van der Waals surface area contributed by atoms with Gasteiger partial charge in [-0.3, -0.25) is 9.80 Å². The van der Waals surface area contributed by atoms with Crippen LogP contribution in [0.3, 0.4) is 0 Å². The first-order valence-electron chi connectivity index (χ1n) is 11.2. The Labute approximate surface area is 205 Å². The average molecular weight is 491 g/mol. The van der Waals surface area contributed by atoms with Crippen molar-refractivity contribution in [2.75, 3.05) is 54.1 Å². The van der Waals surface area contributed by atoms with Crippen LogP contribution in [0.25, 0.3) is 0 Å². The van der Waals surface area contributed by atoms with Gasteiger partial charge in [0, 0.05) is 50.9 Å². The summed E-state index contributed by atoms with van der Waals surface area (Å²) >= 11 is 0. The minimum Gasteiger partial charge on any atom is -0.496 e. The van der Waals surface area contributed by atoms with E-state index in [0.717, 1.165) is 62.1 Å². The highest BCUT2D eigenvalue weighted by molar-refractivity contribution is 6.27. The molecule has 10 nitrogen and oxygen atoms in total. The predicted molar refractivity (Wildman–Crippen MR) is 130 cm³/mol. The van der Waals surface area contributed by atoms with E-state index in [1.807, 2.05) is 19.1 Å². The number of hydrogen-bond acceptors (Lipinski definition) is 8. The Morgan fingerprint density at radius 3 is 1.71 bits per heavy atom. The summed E-state index contributed by atoms with van der Waals surface area (Å²) in [6.07, 6.45) is 0. The number of ether oxygens (including phenoxy) is 4. The van der Waals surface area contributed by atoms with Gasteiger partial charge in [0.2, 0.25) is 0 Å². The molecule has 0 aromatic heterocycles. The van der Waals surface area contributed by atoms with E-state index >= 15 is 0 Å². The Balaban J connectivity index is 0.000000641. The van der Waals surface area contributed by atoms with E-state index in [1.165, 1.54) is 5.56 Å². The molecule has 192 valence electrons. The van der Waals surface area contributed by atoms with E-state index in [9.17, 15) is 0 Å². The first-order valence-corrected chi connectivity index (χ1v) is 11.2. The summed E-state index contributed by atoms with van der Waals surface area (Å²) in [5.41, 5.74) is 2.44. The maximum absolute atomic E-state index is 9.10. The predicted octanol–water partition coefficient (Wildman–Crippen LogP) is 2.58. The molecule has 35 heavy (non-hydrogen) atoms. The van der Waals surface area contributed by atoms with Crippen molar-refractivity contribution in [3.05, 3.63) is 47.5 Å². The van der Waals surface area contributed by atoms with Gasteiger partial charge in [0.25, 0.3) is 0 Å². The lowest BCUT2D eigenvalue weighted by atomic mass is 10.1. The topological polar surface area (TPSA) is 118 Å². The highest BCUT2D eigenvalue weighted by atomic mass is 16.5. The summed E-state index contributed by atoms with van der Waals surface area (Å²) in [6.45, 7) is 8.65. The first-order chi connectivity index (χ1) is 16.8. The highest BCUT2D eigenvalue weighted by Gasteiger charge is 2.20. The van der Waals surface area contributed by atoms with E-state index in [1.54, 1.807) is 21.3 Å². The molecule has 1 aliphatic rings. The fourth-order valence-electron chi connectivity index (χ4n) is 3.68. The lowest BCUT2D eigenvalue weighted by Crippen LogP contribution is -2.45. The summed E-state index contributed by atoms with van der Waals surface area (Å²) in [4.78, 5) is 23.2. The second-order valence-electron chi connectivity index (χ2n) is 7.76. The van der Waals surface area contributed by atoms with Crippen molar-refractivity contribution in [2.24, 2.45) is 0 Å². The molecule has 1 aliphatic heterocycles. The van der Waals surface area contributed by atoms with E-state index in [4.69, 9.17) is 38.7 Å². The van der Waals surface area contributed by atoms with Gasteiger partial charge in [-0.05, 0) is 30.7 Å². The van der Waals surface area contributed by atoms with Gasteiger partial charge in [-0.25, -0.2) is 9.59 Å². The summed E-state index contributed by atoms with van der Waals surface area (Å²) in [5, 5.41) is 14.8. The van der Waals surface area contributed by atoms with Crippen LogP contribution in [0.1, 0.15) is 18.1 Å². The molecule has 1 heterocycles. The molecule has 2 aromatic rings. The maximum Gasteiger partial charge on any atom is 0.414 e. The van der Waals surface area contributed by atoms with Crippen molar-refractivity contribution in [3.63, 3.8) is 0 Å². The number of benzene rings is 2. The van der Waals surface area contributed by atoms with Gasteiger partial charge in [0.15, 0.2) is 11.5 Å². The van der Waals surface area contributed by atoms with Gasteiger partial charge in [-0.2, -0.15) is 0 Å². The number of hydrogen-bond donors (Lipinski definition) is 2. The third-order valence-corrected chi connectivity index (χ3v) is 5.47. The number of methoxy groups -OCH3 is 3. The Kier molecular flexibility index (Phi) is 11.1. The van der Waals surface area contributed by atoms with Crippen LogP contribution in [-0.2, 0) is 22.7 Å². The van der Waals surface area contributed by atoms with Crippen molar-refractivity contribution in [1.82, 2.24) is 9.80 Å². The number of carboxylic acid groups (broad SMARTS) is 2. The van der Waals surface area contributed by atoms with Crippen LogP contribution < -0.4 is 18.9 Å². The largest absolute Gasteiger partial charge is 0.496 e. The summed E-state index contributed by atoms with van der Waals surface area (Å²) in [5.74, 6) is -0.458. The Hall–Kier alpha value is -3.50. The third-order valence-electron chi connectivity index (χ3n) is 5.47. The molecule has 0 atom stereocenters. The standard InChI is InChI=1S/C23H32N2O4.C2H2O4/c1-5-29-20-8-6-18(7-9-20)16-24-10-12-25(13-11-24)17-19-14-22(27-3)23(28-4)15-21(19)26-2;3-1(4)2(5)6/h6-9,14-15H,5,10-13,16-17H2,1-4H3;(H,3,4)(H,5,6). The Morgan fingerprint density at radius 1 is 0.771 bits per heavy atom. The van der Waals surface area contributed by atoms with E-state index in [2.05, 4.69) is 34.1 Å². The van der Waals surface area contributed by atoms with Crippen LogP contribution in [0.5, 0.6) is 23.0 Å². The second-order valence-corrected chi connectivity index (χ2v) is 7.76. The van der Waals surface area contributed by atoms with Gasteiger partial charge in [0.1, 0.15) is 11.5 Å². The smallest absolute Gasteiger partial charge is 0.414 e. The van der Waals surface area contributed by atoms with Crippen LogP contribution >= 0.6 is 0 Å². The summed E-state index contributed by atoms with van der Waals surface area (Å²) in [7, 11) is 4.99. The fraction of sp³-hybridized carbons (Fsp3) is 0.440. The minimum atomic E-state index is -1.82. The Morgan fingerprint density at radius 2 is 1.26 bits per heavy atom. The zero-order valence-corrected chi connectivity index (χ0v) is 20.7. The summed E-state index contributed by atoms with van der Waals surface area (Å²) in [6, 6.07) is 12.3. The molecule has 0 aliphatic carbocycles. The number of aliphatic carboxylic acids is 2.